The molecule has 2 heterocycles. The van der Waals surface area contributed by atoms with Crippen molar-refractivity contribution in [2.24, 2.45) is 0 Å². The zero-order chi connectivity index (χ0) is 12.0. The number of aromatic nitrogens is 1. The second-order valence-corrected chi connectivity index (χ2v) is 6.70. The van der Waals surface area contributed by atoms with Gasteiger partial charge in [0, 0.05) is 16.2 Å². The molecular formula is C11H6Br2N2OS. The van der Waals surface area contributed by atoms with Crippen molar-refractivity contribution in [3.63, 3.8) is 0 Å². The van der Waals surface area contributed by atoms with E-state index in [1.165, 1.54) is 0 Å². The van der Waals surface area contributed by atoms with E-state index in [2.05, 4.69) is 36.8 Å². The zero-order valence-corrected chi connectivity index (χ0v) is 12.4. The number of nitrogens with zero attached hydrogens (tertiary/aromatic N) is 1. The number of oxazole rings is 1. The van der Waals surface area contributed by atoms with E-state index in [0.717, 1.165) is 18.7 Å². The van der Waals surface area contributed by atoms with Gasteiger partial charge in [0.2, 0.25) is 5.89 Å². The van der Waals surface area contributed by atoms with Crippen LogP contribution in [0.15, 0.2) is 36.9 Å². The Kier molecular flexibility index (Phi) is 2.72. The van der Waals surface area contributed by atoms with Crippen LogP contribution in [0.1, 0.15) is 0 Å². The SMILES string of the molecule is Nc1ccc2nc(-c3cc(Br)c(Br)s3)oc2c1. The third kappa shape index (κ3) is 2.00. The Labute approximate surface area is 118 Å². The molecule has 0 aliphatic heterocycles. The number of thiophene rings is 1. The number of hydrogen-bond donors (Lipinski definition) is 1. The van der Waals surface area contributed by atoms with Crippen molar-refractivity contribution in [1.29, 1.82) is 0 Å². The van der Waals surface area contributed by atoms with Crippen molar-refractivity contribution in [2.45, 2.75) is 0 Å². The molecule has 17 heavy (non-hydrogen) atoms. The van der Waals surface area contributed by atoms with Crippen LogP contribution >= 0.6 is 43.2 Å². The maximum atomic E-state index is 5.70. The van der Waals surface area contributed by atoms with Crippen LogP contribution in [0.25, 0.3) is 21.9 Å². The van der Waals surface area contributed by atoms with Crippen LogP contribution < -0.4 is 5.73 Å². The lowest BCUT2D eigenvalue weighted by atomic mass is 10.3. The fourth-order valence-electron chi connectivity index (χ4n) is 1.50. The molecule has 0 aliphatic carbocycles. The predicted octanol–water partition coefficient (Wildman–Crippen LogP) is 4.66. The van der Waals surface area contributed by atoms with E-state index >= 15 is 0 Å². The highest BCUT2D eigenvalue weighted by atomic mass is 79.9. The molecule has 0 bridgehead atoms. The van der Waals surface area contributed by atoms with Crippen LogP contribution in [-0.4, -0.2) is 4.98 Å². The number of benzene rings is 1. The Bertz CT molecular complexity index is 685. The Hall–Kier alpha value is -0.850. The third-order valence-electron chi connectivity index (χ3n) is 2.27. The van der Waals surface area contributed by atoms with Gasteiger partial charge >= 0.3 is 0 Å². The Morgan fingerprint density at radius 2 is 2.06 bits per heavy atom. The standard InChI is InChI=1S/C11H6Br2N2OS/c12-6-4-9(17-10(6)13)11-15-7-2-1-5(14)3-8(7)16-11/h1-4H,14H2. The summed E-state index contributed by atoms with van der Waals surface area (Å²) in [6, 6.07) is 7.43. The minimum atomic E-state index is 0.613. The third-order valence-corrected chi connectivity index (χ3v) is 5.51. The molecular weight excluding hydrogens is 368 g/mol. The molecule has 0 fully saturated rings. The molecule has 0 spiro atoms. The highest BCUT2D eigenvalue weighted by molar-refractivity contribution is 9.13. The molecule has 0 saturated carbocycles. The molecule has 0 amide bonds. The number of rotatable bonds is 1. The first kappa shape index (κ1) is 11.3. The smallest absolute Gasteiger partial charge is 0.237 e. The fourth-order valence-corrected chi connectivity index (χ4v) is 3.46. The van der Waals surface area contributed by atoms with Gasteiger partial charge in [-0.15, -0.1) is 11.3 Å². The van der Waals surface area contributed by atoms with E-state index in [1.54, 1.807) is 17.4 Å². The van der Waals surface area contributed by atoms with Gasteiger partial charge in [-0.25, -0.2) is 4.98 Å². The lowest BCUT2D eigenvalue weighted by Crippen LogP contribution is -1.81. The molecule has 3 aromatic rings. The summed E-state index contributed by atoms with van der Waals surface area (Å²) >= 11 is 8.46. The molecule has 1 aromatic carbocycles. The topological polar surface area (TPSA) is 52.0 Å². The van der Waals surface area contributed by atoms with Crippen LogP contribution in [0, 0.1) is 0 Å². The number of nitrogens with two attached hydrogens (primary N) is 1. The Morgan fingerprint density at radius 3 is 2.76 bits per heavy atom. The second kappa shape index (κ2) is 4.12. The van der Waals surface area contributed by atoms with Crippen molar-refractivity contribution in [3.8, 4) is 10.8 Å². The monoisotopic (exact) mass is 372 g/mol. The minimum Gasteiger partial charge on any atom is -0.435 e. The normalized spacial score (nSPS) is 11.2. The molecule has 2 N–H and O–H groups in total. The molecule has 0 aliphatic rings. The first-order valence-corrected chi connectivity index (χ1v) is 7.15. The van der Waals surface area contributed by atoms with Gasteiger partial charge in [-0.05, 0) is 50.1 Å². The lowest BCUT2D eigenvalue weighted by Gasteiger charge is -1.88. The Balaban J connectivity index is 2.17. The number of halogens is 2. The van der Waals surface area contributed by atoms with Crippen LogP contribution in [0.5, 0.6) is 0 Å². The van der Waals surface area contributed by atoms with E-state index in [9.17, 15) is 0 Å². The van der Waals surface area contributed by atoms with E-state index in [-0.39, 0.29) is 0 Å². The van der Waals surface area contributed by atoms with Gasteiger partial charge in [0.05, 0.1) is 8.66 Å². The molecule has 2 aromatic heterocycles. The average Bonchev–Trinajstić information content (AvgIpc) is 2.83. The summed E-state index contributed by atoms with van der Waals surface area (Å²) in [6.45, 7) is 0. The van der Waals surface area contributed by atoms with Gasteiger partial charge in [-0.3, -0.25) is 0 Å². The summed E-state index contributed by atoms with van der Waals surface area (Å²) in [6.07, 6.45) is 0. The maximum Gasteiger partial charge on any atom is 0.237 e. The van der Waals surface area contributed by atoms with E-state index < -0.39 is 0 Å². The number of nitrogen functional groups attached to an aromatic ring is 1. The first-order valence-electron chi connectivity index (χ1n) is 4.75. The number of hydrogen-bond acceptors (Lipinski definition) is 4. The van der Waals surface area contributed by atoms with Gasteiger partial charge in [-0.2, -0.15) is 0 Å². The molecule has 86 valence electrons. The summed E-state index contributed by atoms with van der Waals surface area (Å²) in [5, 5.41) is 0. The summed E-state index contributed by atoms with van der Waals surface area (Å²) in [7, 11) is 0. The summed E-state index contributed by atoms with van der Waals surface area (Å²) in [5.74, 6) is 0.613. The molecule has 3 nitrogen and oxygen atoms in total. The van der Waals surface area contributed by atoms with Crippen molar-refractivity contribution in [1.82, 2.24) is 4.98 Å². The number of fused-ring (bicyclic) bond motifs is 1. The Morgan fingerprint density at radius 1 is 1.24 bits per heavy atom. The van der Waals surface area contributed by atoms with Gasteiger partial charge in [0.15, 0.2) is 5.58 Å². The van der Waals surface area contributed by atoms with Gasteiger partial charge in [0.25, 0.3) is 0 Å². The van der Waals surface area contributed by atoms with E-state index in [1.807, 2.05) is 18.2 Å². The van der Waals surface area contributed by atoms with Gasteiger partial charge in [-0.1, -0.05) is 0 Å². The van der Waals surface area contributed by atoms with E-state index in [0.29, 0.717) is 17.2 Å². The van der Waals surface area contributed by atoms with Crippen LogP contribution in [0.2, 0.25) is 0 Å². The maximum absolute atomic E-state index is 5.70. The second-order valence-electron chi connectivity index (χ2n) is 3.48. The zero-order valence-electron chi connectivity index (χ0n) is 8.41. The fraction of sp³-hybridized carbons (Fsp3) is 0. The van der Waals surface area contributed by atoms with Crippen LogP contribution in [-0.2, 0) is 0 Å². The van der Waals surface area contributed by atoms with Crippen molar-refractivity contribution in [2.75, 3.05) is 5.73 Å². The molecule has 0 unspecified atom stereocenters. The van der Waals surface area contributed by atoms with Crippen molar-refractivity contribution < 1.29 is 4.42 Å². The van der Waals surface area contributed by atoms with Gasteiger partial charge in [0.1, 0.15) is 5.52 Å². The molecule has 6 heteroatoms. The molecule has 0 atom stereocenters. The van der Waals surface area contributed by atoms with Crippen molar-refractivity contribution in [3.05, 3.63) is 32.5 Å². The summed E-state index contributed by atoms with van der Waals surface area (Å²) in [5.41, 5.74) is 7.90. The highest BCUT2D eigenvalue weighted by Gasteiger charge is 2.12. The molecule has 0 radical (unpaired) electrons. The highest BCUT2D eigenvalue weighted by Crippen LogP contribution is 2.38. The molecule has 3 rings (SSSR count). The van der Waals surface area contributed by atoms with Gasteiger partial charge < -0.3 is 10.2 Å². The largest absolute Gasteiger partial charge is 0.435 e. The lowest BCUT2D eigenvalue weighted by molar-refractivity contribution is 0.622. The quantitative estimate of drug-likeness (QED) is 0.631. The van der Waals surface area contributed by atoms with Crippen LogP contribution in [0.3, 0.4) is 0 Å². The summed E-state index contributed by atoms with van der Waals surface area (Å²) in [4.78, 5) is 5.40. The molecule has 0 saturated heterocycles. The van der Waals surface area contributed by atoms with Crippen molar-refractivity contribution >= 4 is 60.0 Å². The number of anilines is 1. The summed E-state index contributed by atoms with van der Waals surface area (Å²) < 4.78 is 7.70. The average molecular weight is 374 g/mol. The predicted molar refractivity (Wildman–Crippen MR) is 77.1 cm³/mol. The van der Waals surface area contributed by atoms with Crippen LogP contribution in [0.4, 0.5) is 5.69 Å². The van der Waals surface area contributed by atoms with E-state index in [4.69, 9.17) is 10.2 Å². The first-order chi connectivity index (χ1) is 8.13. The minimum absolute atomic E-state index is 0.613.